The van der Waals surface area contributed by atoms with Crippen LogP contribution in [0.1, 0.15) is 124 Å². The highest BCUT2D eigenvalue weighted by Crippen LogP contribution is 2.39. The average molecular weight is 407 g/mol. The van der Waals surface area contributed by atoms with E-state index in [4.69, 9.17) is 5.11 Å². The van der Waals surface area contributed by atoms with Gasteiger partial charge in [-0.15, -0.1) is 0 Å². The maximum atomic E-state index is 9.84. The van der Waals surface area contributed by atoms with Crippen molar-refractivity contribution in [3.8, 4) is 5.75 Å². The van der Waals surface area contributed by atoms with Gasteiger partial charge in [-0.05, 0) is 35.3 Å². The first-order valence-corrected chi connectivity index (χ1v) is 12.0. The number of aromatic hydroxyl groups is 1. The number of hydrogen-bond donors (Lipinski definition) is 2. The largest absolute Gasteiger partial charge is 0.508 e. The number of rotatable bonds is 13. The summed E-state index contributed by atoms with van der Waals surface area (Å²) in [7, 11) is 0. The van der Waals surface area contributed by atoms with Gasteiger partial charge >= 0.3 is 0 Å². The molecule has 1 rings (SSSR count). The molecule has 0 heterocycles. The van der Waals surface area contributed by atoms with Crippen molar-refractivity contribution in [3.05, 3.63) is 29.8 Å². The number of phenols is 1. The summed E-state index contributed by atoms with van der Waals surface area (Å²) in [6.45, 7) is 13.7. The molecule has 2 heteroatoms. The van der Waals surface area contributed by atoms with Crippen LogP contribution in [-0.4, -0.2) is 16.8 Å². The van der Waals surface area contributed by atoms with E-state index in [0.717, 1.165) is 18.4 Å². The van der Waals surface area contributed by atoms with E-state index >= 15 is 0 Å². The Kier molecular flexibility index (Phi) is 15.2. The van der Waals surface area contributed by atoms with Gasteiger partial charge in [0, 0.05) is 6.61 Å². The smallest absolute Gasteiger partial charge is 0.119 e. The summed E-state index contributed by atoms with van der Waals surface area (Å²) in [6.07, 6.45) is 15.8. The van der Waals surface area contributed by atoms with Gasteiger partial charge in [0.1, 0.15) is 5.75 Å². The lowest BCUT2D eigenvalue weighted by Gasteiger charge is -2.33. The summed E-state index contributed by atoms with van der Waals surface area (Å²) in [5.41, 5.74) is 1.33. The molecule has 170 valence electrons. The fraction of sp³-hybridized carbons (Fsp3) is 0.778. The van der Waals surface area contributed by atoms with Crippen LogP contribution in [0.15, 0.2) is 24.3 Å². The van der Waals surface area contributed by atoms with Gasteiger partial charge in [-0.1, -0.05) is 124 Å². The summed E-state index contributed by atoms with van der Waals surface area (Å²) < 4.78 is 0. The molecule has 2 nitrogen and oxygen atoms in total. The molecule has 29 heavy (non-hydrogen) atoms. The number of aliphatic hydroxyl groups is 1. The van der Waals surface area contributed by atoms with Crippen molar-refractivity contribution in [3.63, 3.8) is 0 Å². The van der Waals surface area contributed by atoms with Crippen LogP contribution in [0, 0.1) is 5.41 Å². The highest BCUT2D eigenvalue weighted by molar-refractivity contribution is 5.37. The molecule has 0 aliphatic rings. The second kappa shape index (κ2) is 15.8. The van der Waals surface area contributed by atoms with Gasteiger partial charge in [0.2, 0.25) is 0 Å². The maximum Gasteiger partial charge on any atom is 0.119 e. The van der Waals surface area contributed by atoms with Crippen molar-refractivity contribution in [2.24, 2.45) is 5.41 Å². The summed E-state index contributed by atoms with van der Waals surface area (Å²) in [6, 6.07) is 7.63. The van der Waals surface area contributed by atoms with Gasteiger partial charge in [-0.3, -0.25) is 0 Å². The number of para-hydroxylation sites is 1. The second-order valence-corrected chi connectivity index (χ2v) is 10.4. The third-order valence-electron chi connectivity index (χ3n) is 5.37. The molecule has 0 aromatic heterocycles. The SMILES string of the molecule is CC(C)(C)CC(C)(C)c1ccccc1O.CCCCCCCCCCCCCO. The first-order valence-electron chi connectivity index (χ1n) is 12.0. The van der Waals surface area contributed by atoms with Gasteiger partial charge in [0.15, 0.2) is 0 Å². The fourth-order valence-corrected chi connectivity index (χ4v) is 4.24. The van der Waals surface area contributed by atoms with Crippen molar-refractivity contribution >= 4 is 0 Å². The van der Waals surface area contributed by atoms with E-state index in [2.05, 4.69) is 41.5 Å². The van der Waals surface area contributed by atoms with Crippen molar-refractivity contribution in [2.75, 3.05) is 6.61 Å². The summed E-state index contributed by atoms with van der Waals surface area (Å²) >= 11 is 0. The van der Waals surface area contributed by atoms with Crippen molar-refractivity contribution < 1.29 is 10.2 Å². The number of unbranched alkanes of at least 4 members (excludes halogenated alkanes) is 10. The third kappa shape index (κ3) is 15.5. The summed E-state index contributed by atoms with van der Waals surface area (Å²) in [4.78, 5) is 0. The number of aliphatic hydroxyl groups excluding tert-OH is 1. The number of phenolic OH excluding ortho intramolecular Hbond substituents is 1. The highest BCUT2D eigenvalue weighted by Gasteiger charge is 2.28. The van der Waals surface area contributed by atoms with Crippen LogP contribution in [0.2, 0.25) is 0 Å². The predicted molar refractivity (Wildman–Crippen MR) is 129 cm³/mol. The van der Waals surface area contributed by atoms with Gasteiger partial charge in [0.05, 0.1) is 0 Å². The molecule has 0 atom stereocenters. The zero-order valence-electron chi connectivity index (χ0n) is 20.4. The average Bonchev–Trinajstić information content (AvgIpc) is 2.62. The van der Waals surface area contributed by atoms with E-state index in [9.17, 15) is 5.11 Å². The zero-order chi connectivity index (χ0) is 22.2. The molecule has 0 spiro atoms. The topological polar surface area (TPSA) is 40.5 Å². The Balaban J connectivity index is 0.000000543. The molecular weight excluding hydrogens is 356 g/mol. The quantitative estimate of drug-likeness (QED) is 0.323. The van der Waals surface area contributed by atoms with E-state index in [1.165, 1.54) is 64.2 Å². The minimum absolute atomic E-state index is 0.0175. The molecule has 0 saturated carbocycles. The van der Waals surface area contributed by atoms with Crippen LogP contribution < -0.4 is 0 Å². The molecule has 0 amide bonds. The molecule has 1 aromatic carbocycles. The van der Waals surface area contributed by atoms with Gasteiger partial charge < -0.3 is 10.2 Å². The summed E-state index contributed by atoms with van der Waals surface area (Å²) in [5.74, 6) is 0.409. The molecule has 1 aromatic rings. The Hall–Kier alpha value is -1.02. The first kappa shape index (κ1) is 28.0. The van der Waals surface area contributed by atoms with E-state index < -0.39 is 0 Å². The lowest BCUT2D eigenvalue weighted by Crippen LogP contribution is -2.24. The normalized spacial score (nSPS) is 11.8. The van der Waals surface area contributed by atoms with Crippen molar-refractivity contribution in [2.45, 2.75) is 124 Å². The van der Waals surface area contributed by atoms with Crippen LogP contribution >= 0.6 is 0 Å². The second-order valence-electron chi connectivity index (χ2n) is 10.4. The zero-order valence-corrected chi connectivity index (χ0v) is 20.4. The molecule has 0 radical (unpaired) electrons. The fourth-order valence-electron chi connectivity index (χ4n) is 4.24. The molecule has 0 aliphatic heterocycles. The minimum atomic E-state index is 0.0175. The summed E-state index contributed by atoms with van der Waals surface area (Å²) in [5, 5.41) is 18.4. The van der Waals surface area contributed by atoms with Crippen molar-refractivity contribution in [1.29, 1.82) is 0 Å². The minimum Gasteiger partial charge on any atom is -0.508 e. The van der Waals surface area contributed by atoms with Crippen LogP contribution in [0.4, 0.5) is 0 Å². The molecule has 0 aliphatic carbocycles. The standard InChI is InChI=1S/C14H22O.C13H28O/c1-13(2,3)10-14(4,5)11-8-6-7-9-12(11)15;1-2-3-4-5-6-7-8-9-10-11-12-13-14/h6-9,15H,10H2,1-5H3;14H,2-13H2,1H3. The Morgan fingerprint density at radius 2 is 1.14 bits per heavy atom. The van der Waals surface area contributed by atoms with E-state index in [0.29, 0.717) is 12.4 Å². The molecule has 0 saturated heterocycles. The van der Waals surface area contributed by atoms with Crippen LogP contribution in [0.3, 0.4) is 0 Å². The maximum absolute atomic E-state index is 9.84. The lowest BCUT2D eigenvalue weighted by molar-refractivity contribution is 0.278. The van der Waals surface area contributed by atoms with Crippen LogP contribution in [-0.2, 0) is 5.41 Å². The lowest BCUT2D eigenvalue weighted by atomic mass is 9.72. The third-order valence-corrected chi connectivity index (χ3v) is 5.37. The van der Waals surface area contributed by atoms with Gasteiger partial charge in [-0.25, -0.2) is 0 Å². The Bertz CT molecular complexity index is 488. The Morgan fingerprint density at radius 1 is 0.690 bits per heavy atom. The molecule has 2 N–H and O–H groups in total. The van der Waals surface area contributed by atoms with Gasteiger partial charge in [-0.2, -0.15) is 0 Å². The van der Waals surface area contributed by atoms with Crippen LogP contribution in [0.5, 0.6) is 5.75 Å². The number of hydrogen-bond acceptors (Lipinski definition) is 2. The monoisotopic (exact) mass is 406 g/mol. The molecular formula is C27H50O2. The Morgan fingerprint density at radius 3 is 1.55 bits per heavy atom. The van der Waals surface area contributed by atoms with E-state index in [1.54, 1.807) is 6.07 Å². The highest BCUT2D eigenvalue weighted by atomic mass is 16.3. The van der Waals surface area contributed by atoms with E-state index in [1.807, 2.05) is 18.2 Å². The number of benzene rings is 1. The van der Waals surface area contributed by atoms with Crippen LogP contribution in [0.25, 0.3) is 0 Å². The van der Waals surface area contributed by atoms with E-state index in [-0.39, 0.29) is 10.8 Å². The van der Waals surface area contributed by atoms with Gasteiger partial charge in [0.25, 0.3) is 0 Å². The molecule has 0 fully saturated rings. The molecule has 0 bridgehead atoms. The Labute approximate surface area is 182 Å². The first-order chi connectivity index (χ1) is 13.6. The van der Waals surface area contributed by atoms with Crippen molar-refractivity contribution in [1.82, 2.24) is 0 Å². The molecule has 0 unspecified atom stereocenters. The predicted octanol–water partition coefficient (Wildman–Crippen LogP) is 8.40.